The van der Waals surface area contributed by atoms with E-state index in [2.05, 4.69) is 26.6 Å². The van der Waals surface area contributed by atoms with Crippen LogP contribution in [0.3, 0.4) is 0 Å². The number of alkyl halides is 3. The molecule has 0 atom stereocenters. The first-order valence-corrected chi connectivity index (χ1v) is 7.02. The molecular formula is C13H14BrF3N2O. The largest absolute Gasteiger partial charge is 0.416 e. The number of rotatable bonds is 5. The van der Waals surface area contributed by atoms with Gasteiger partial charge in [-0.25, -0.2) is 0 Å². The summed E-state index contributed by atoms with van der Waals surface area (Å²) in [5.41, 5.74) is -0.668. The number of hydrogen-bond donors (Lipinski definition) is 2. The third-order valence-electron chi connectivity index (χ3n) is 2.92. The molecular weight excluding hydrogens is 337 g/mol. The van der Waals surface area contributed by atoms with E-state index in [4.69, 9.17) is 0 Å². The van der Waals surface area contributed by atoms with Crippen LogP contribution in [0.5, 0.6) is 0 Å². The van der Waals surface area contributed by atoms with E-state index >= 15 is 0 Å². The van der Waals surface area contributed by atoms with E-state index in [0.29, 0.717) is 5.92 Å². The van der Waals surface area contributed by atoms with Crippen molar-refractivity contribution in [2.75, 3.05) is 18.4 Å². The van der Waals surface area contributed by atoms with Crippen LogP contribution in [0, 0.1) is 5.92 Å². The monoisotopic (exact) mass is 350 g/mol. The minimum atomic E-state index is -4.44. The Morgan fingerprint density at radius 1 is 1.30 bits per heavy atom. The molecule has 1 aliphatic carbocycles. The van der Waals surface area contributed by atoms with Crippen molar-refractivity contribution < 1.29 is 18.0 Å². The quantitative estimate of drug-likeness (QED) is 0.854. The first-order valence-electron chi connectivity index (χ1n) is 6.23. The Hall–Kier alpha value is -1.08. The van der Waals surface area contributed by atoms with E-state index in [9.17, 15) is 18.0 Å². The second kappa shape index (κ2) is 6.13. The van der Waals surface area contributed by atoms with Crippen LogP contribution in [0.1, 0.15) is 18.4 Å². The summed E-state index contributed by atoms with van der Waals surface area (Å²) in [6, 6.07) is 3.33. The molecule has 7 heteroatoms. The molecule has 0 heterocycles. The first-order chi connectivity index (χ1) is 9.34. The van der Waals surface area contributed by atoms with Crippen LogP contribution in [-0.2, 0) is 11.0 Å². The highest BCUT2D eigenvalue weighted by Gasteiger charge is 2.31. The topological polar surface area (TPSA) is 41.1 Å². The van der Waals surface area contributed by atoms with Crippen molar-refractivity contribution in [2.24, 2.45) is 5.92 Å². The summed E-state index contributed by atoms with van der Waals surface area (Å²) < 4.78 is 38.2. The summed E-state index contributed by atoms with van der Waals surface area (Å²) in [7, 11) is 0. The minimum Gasteiger partial charge on any atom is -0.325 e. The third-order valence-corrected chi connectivity index (χ3v) is 3.38. The van der Waals surface area contributed by atoms with Gasteiger partial charge in [0.2, 0.25) is 5.91 Å². The smallest absolute Gasteiger partial charge is 0.325 e. The lowest BCUT2D eigenvalue weighted by Crippen LogP contribution is -2.29. The van der Waals surface area contributed by atoms with Crippen molar-refractivity contribution >= 4 is 27.5 Å². The summed E-state index contributed by atoms with van der Waals surface area (Å²) in [5, 5.41) is 5.44. The molecule has 2 rings (SSSR count). The van der Waals surface area contributed by atoms with Gasteiger partial charge in [0.15, 0.2) is 0 Å². The minimum absolute atomic E-state index is 0.102. The number of anilines is 1. The molecule has 1 saturated carbocycles. The lowest BCUT2D eigenvalue weighted by atomic mass is 10.2. The second-order valence-electron chi connectivity index (χ2n) is 4.85. The Morgan fingerprint density at radius 2 is 2.00 bits per heavy atom. The molecule has 1 aromatic carbocycles. The van der Waals surface area contributed by atoms with E-state index in [1.54, 1.807) is 0 Å². The van der Waals surface area contributed by atoms with Crippen LogP contribution >= 0.6 is 15.9 Å². The van der Waals surface area contributed by atoms with Gasteiger partial charge in [-0.3, -0.25) is 4.79 Å². The summed E-state index contributed by atoms with van der Waals surface area (Å²) in [6.07, 6.45) is -2.09. The summed E-state index contributed by atoms with van der Waals surface area (Å²) >= 11 is 3.01. The fourth-order valence-electron chi connectivity index (χ4n) is 1.74. The molecule has 0 saturated heterocycles. The molecule has 0 bridgehead atoms. The zero-order chi connectivity index (χ0) is 14.8. The highest BCUT2D eigenvalue weighted by molar-refractivity contribution is 9.10. The van der Waals surface area contributed by atoms with Crippen LogP contribution in [0.2, 0.25) is 0 Å². The molecule has 0 spiro atoms. The van der Waals surface area contributed by atoms with Crippen LogP contribution in [0.25, 0.3) is 0 Å². The van der Waals surface area contributed by atoms with Crippen molar-refractivity contribution in [1.82, 2.24) is 5.32 Å². The first kappa shape index (κ1) is 15.3. The van der Waals surface area contributed by atoms with Crippen LogP contribution in [0.4, 0.5) is 18.9 Å². The average Bonchev–Trinajstić information content (AvgIpc) is 3.11. The maximum atomic E-state index is 12.6. The van der Waals surface area contributed by atoms with Crippen LogP contribution < -0.4 is 10.6 Å². The number of carbonyl (C=O) groups excluding carboxylic acids is 1. The molecule has 1 aliphatic rings. The Labute approximate surface area is 123 Å². The summed E-state index contributed by atoms with van der Waals surface area (Å²) in [5.74, 6) is 0.294. The molecule has 20 heavy (non-hydrogen) atoms. The van der Waals surface area contributed by atoms with Crippen LogP contribution in [-0.4, -0.2) is 19.0 Å². The third kappa shape index (κ3) is 4.79. The van der Waals surface area contributed by atoms with Gasteiger partial charge >= 0.3 is 6.18 Å². The maximum absolute atomic E-state index is 12.6. The average molecular weight is 351 g/mol. The Kier molecular flexibility index (Phi) is 4.70. The molecule has 1 aromatic rings. The van der Waals surface area contributed by atoms with E-state index in [1.807, 2.05) is 0 Å². The highest BCUT2D eigenvalue weighted by atomic mass is 79.9. The predicted octanol–water partition coefficient (Wildman–Crippen LogP) is 3.41. The van der Waals surface area contributed by atoms with E-state index < -0.39 is 11.7 Å². The lowest BCUT2D eigenvalue weighted by molar-refractivity contribution is -0.137. The van der Waals surface area contributed by atoms with Crippen molar-refractivity contribution in [3.63, 3.8) is 0 Å². The molecule has 0 aliphatic heterocycles. The summed E-state index contributed by atoms with van der Waals surface area (Å²) in [4.78, 5) is 11.6. The number of hydrogen-bond acceptors (Lipinski definition) is 2. The lowest BCUT2D eigenvalue weighted by Gasteiger charge is -2.11. The van der Waals surface area contributed by atoms with Gasteiger partial charge in [0.25, 0.3) is 0 Å². The SMILES string of the molecule is O=C(CNCC1CC1)Nc1cc(Br)cc(C(F)(F)F)c1. The van der Waals surface area contributed by atoms with Crippen molar-refractivity contribution in [3.05, 3.63) is 28.2 Å². The van der Waals surface area contributed by atoms with Crippen LogP contribution in [0.15, 0.2) is 22.7 Å². The Balaban J connectivity index is 1.93. The van der Waals surface area contributed by atoms with Crippen molar-refractivity contribution in [3.8, 4) is 0 Å². The van der Waals surface area contributed by atoms with E-state index in [0.717, 1.165) is 18.7 Å². The van der Waals surface area contributed by atoms with E-state index in [-0.39, 0.29) is 22.6 Å². The van der Waals surface area contributed by atoms with Crippen molar-refractivity contribution in [1.29, 1.82) is 0 Å². The number of benzene rings is 1. The van der Waals surface area contributed by atoms with E-state index in [1.165, 1.54) is 18.9 Å². The van der Waals surface area contributed by atoms with Gasteiger partial charge < -0.3 is 10.6 Å². The highest BCUT2D eigenvalue weighted by Crippen LogP contribution is 2.33. The molecule has 1 amide bonds. The second-order valence-corrected chi connectivity index (χ2v) is 5.76. The Bertz CT molecular complexity index is 501. The van der Waals surface area contributed by atoms with Crippen molar-refractivity contribution in [2.45, 2.75) is 19.0 Å². The fourth-order valence-corrected chi connectivity index (χ4v) is 2.24. The maximum Gasteiger partial charge on any atom is 0.416 e. The zero-order valence-corrected chi connectivity index (χ0v) is 12.1. The van der Waals surface area contributed by atoms with Gasteiger partial charge in [0.1, 0.15) is 0 Å². The molecule has 2 N–H and O–H groups in total. The Morgan fingerprint density at radius 3 is 2.60 bits per heavy atom. The molecule has 1 fully saturated rings. The standard InChI is InChI=1S/C13H14BrF3N2O/c14-10-3-9(13(15,16)17)4-11(5-10)19-12(20)7-18-6-8-1-2-8/h3-5,8,18H,1-2,6-7H2,(H,19,20). The molecule has 0 radical (unpaired) electrons. The van der Waals surface area contributed by atoms with Gasteiger partial charge in [-0.2, -0.15) is 13.2 Å². The number of halogens is 4. The van der Waals surface area contributed by atoms with Gasteiger partial charge in [-0.05, 0) is 43.5 Å². The molecule has 0 unspecified atom stereocenters. The zero-order valence-electron chi connectivity index (χ0n) is 10.6. The van der Waals surface area contributed by atoms with Gasteiger partial charge in [0.05, 0.1) is 12.1 Å². The normalized spacial score (nSPS) is 15.2. The van der Waals surface area contributed by atoms with Gasteiger partial charge in [-0.1, -0.05) is 15.9 Å². The number of nitrogens with one attached hydrogen (secondary N) is 2. The van der Waals surface area contributed by atoms with Gasteiger partial charge in [0, 0.05) is 10.2 Å². The predicted molar refractivity (Wildman–Crippen MR) is 73.4 cm³/mol. The summed E-state index contributed by atoms with van der Waals surface area (Å²) in [6.45, 7) is 0.879. The van der Waals surface area contributed by atoms with Gasteiger partial charge in [-0.15, -0.1) is 0 Å². The number of carbonyl (C=O) groups is 1. The number of amides is 1. The molecule has 110 valence electrons. The molecule has 0 aromatic heterocycles. The fraction of sp³-hybridized carbons (Fsp3) is 0.462. The molecule has 3 nitrogen and oxygen atoms in total.